The first-order valence-electron chi connectivity index (χ1n) is 4.60. The van der Waals surface area contributed by atoms with Gasteiger partial charge in [-0.25, -0.2) is 4.79 Å². The van der Waals surface area contributed by atoms with E-state index < -0.39 is 5.97 Å². The van der Waals surface area contributed by atoms with Gasteiger partial charge in [-0.3, -0.25) is 0 Å². The second kappa shape index (κ2) is 6.95. The summed E-state index contributed by atoms with van der Waals surface area (Å²) >= 11 is 1.74. The highest BCUT2D eigenvalue weighted by Gasteiger charge is 1.90. The van der Waals surface area contributed by atoms with Crippen LogP contribution in [-0.4, -0.2) is 23.4 Å². The molecular weight excluding hydrogens is 210 g/mol. The van der Waals surface area contributed by atoms with Crippen LogP contribution in [0.25, 0.3) is 0 Å². The SMILES string of the molecule is O=C(O)/C=C/NCCSc1ccccc1. The molecule has 1 aromatic rings. The van der Waals surface area contributed by atoms with E-state index in [2.05, 4.69) is 17.4 Å². The molecule has 1 rings (SSSR count). The van der Waals surface area contributed by atoms with Crippen LogP contribution < -0.4 is 5.32 Å². The molecule has 0 bridgehead atoms. The molecule has 0 heterocycles. The predicted octanol–water partition coefficient (Wildman–Crippen LogP) is 1.97. The Bertz CT molecular complexity index is 325. The fraction of sp³-hybridized carbons (Fsp3) is 0.182. The zero-order valence-corrected chi connectivity index (χ0v) is 9.04. The third-order valence-electron chi connectivity index (χ3n) is 1.60. The summed E-state index contributed by atoms with van der Waals surface area (Å²) in [6.07, 6.45) is 2.54. The van der Waals surface area contributed by atoms with E-state index in [4.69, 9.17) is 5.11 Å². The van der Waals surface area contributed by atoms with Gasteiger partial charge in [-0.15, -0.1) is 11.8 Å². The van der Waals surface area contributed by atoms with Crippen molar-refractivity contribution in [1.29, 1.82) is 0 Å². The normalized spacial score (nSPS) is 10.4. The van der Waals surface area contributed by atoms with Gasteiger partial charge in [0, 0.05) is 29.5 Å². The maximum absolute atomic E-state index is 10.1. The summed E-state index contributed by atoms with van der Waals surface area (Å²) in [5.41, 5.74) is 0. The van der Waals surface area contributed by atoms with Crippen LogP contribution in [0.4, 0.5) is 0 Å². The quantitative estimate of drug-likeness (QED) is 0.440. The Morgan fingerprint density at radius 3 is 2.80 bits per heavy atom. The number of carboxylic acids is 1. The molecule has 3 nitrogen and oxygen atoms in total. The molecule has 0 spiro atoms. The molecule has 2 N–H and O–H groups in total. The van der Waals surface area contributed by atoms with Crippen molar-refractivity contribution in [2.75, 3.05) is 12.3 Å². The largest absolute Gasteiger partial charge is 0.478 e. The lowest BCUT2D eigenvalue weighted by molar-refractivity contribution is -0.131. The van der Waals surface area contributed by atoms with Crippen molar-refractivity contribution in [3.05, 3.63) is 42.6 Å². The molecule has 0 fully saturated rings. The standard InChI is InChI=1S/C11H13NO2S/c13-11(14)6-7-12-8-9-15-10-4-2-1-3-5-10/h1-7,12H,8-9H2,(H,13,14)/b7-6+. The number of aliphatic carboxylic acids is 1. The lowest BCUT2D eigenvalue weighted by Crippen LogP contribution is -2.09. The second-order valence-electron chi connectivity index (χ2n) is 2.79. The minimum Gasteiger partial charge on any atom is -0.478 e. The van der Waals surface area contributed by atoms with Gasteiger partial charge in [-0.2, -0.15) is 0 Å². The number of benzene rings is 1. The average Bonchev–Trinajstić information content (AvgIpc) is 2.24. The third-order valence-corrected chi connectivity index (χ3v) is 2.62. The summed E-state index contributed by atoms with van der Waals surface area (Å²) in [4.78, 5) is 11.3. The van der Waals surface area contributed by atoms with Gasteiger partial charge < -0.3 is 10.4 Å². The summed E-state index contributed by atoms with van der Waals surface area (Å²) in [7, 11) is 0. The Hall–Kier alpha value is -1.42. The molecule has 4 heteroatoms. The molecule has 0 saturated carbocycles. The van der Waals surface area contributed by atoms with Crippen molar-refractivity contribution in [2.45, 2.75) is 4.90 Å². The lowest BCUT2D eigenvalue weighted by atomic mass is 10.4. The van der Waals surface area contributed by atoms with E-state index in [1.165, 1.54) is 11.1 Å². The molecule has 0 atom stereocenters. The van der Waals surface area contributed by atoms with Gasteiger partial charge in [0.25, 0.3) is 0 Å². The third kappa shape index (κ3) is 5.80. The average molecular weight is 223 g/mol. The number of hydrogen-bond acceptors (Lipinski definition) is 3. The first kappa shape index (κ1) is 11.7. The van der Waals surface area contributed by atoms with Gasteiger partial charge in [0.15, 0.2) is 0 Å². The zero-order chi connectivity index (χ0) is 10.9. The topological polar surface area (TPSA) is 49.3 Å². The van der Waals surface area contributed by atoms with Gasteiger partial charge in [0.2, 0.25) is 0 Å². The van der Waals surface area contributed by atoms with Crippen molar-refractivity contribution in [3.8, 4) is 0 Å². The highest BCUT2D eigenvalue weighted by atomic mass is 32.2. The number of hydrogen-bond donors (Lipinski definition) is 2. The van der Waals surface area contributed by atoms with E-state index in [1.807, 2.05) is 18.2 Å². The van der Waals surface area contributed by atoms with Crippen LogP contribution in [0.1, 0.15) is 0 Å². The van der Waals surface area contributed by atoms with E-state index in [-0.39, 0.29) is 0 Å². The van der Waals surface area contributed by atoms with Crippen molar-refractivity contribution in [1.82, 2.24) is 5.32 Å². The van der Waals surface area contributed by atoms with E-state index in [0.29, 0.717) is 0 Å². The summed E-state index contributed by atoms with van der Waals surface area (Å²) in [6, 6.07) is 10.1. The smallest absolute Gasteiger partial charge is 0.329 e. The predicted molar refractivity (Wildman–Crippen MR) is 61.9 cm³/mol. The van der Waals surface area contributed by atoms with Gasteiger partial charge >= 0.3 is 5.97 Å². The van der Waals surface area contributed by atoms with E-state index in [1.54, 1.807) is 11.8 Å². The van der Waals surface area contributed by atoms with Crippen LogP contribution in [0.2, 0.25) is 0 Å². The first-order valence-corrected chi connectivity index (χ1v) is 5.58. The Balaban J connectivity index is 2.10. The fourth-order valence-corrected chi connectivity index (χ4v) is 1.76. The second-order valence-corrected chi connectivity index (χ2v) is 3.96. The van der Waals surface area contributed by atoms with E-state index in [9.17, 15) is 4.79 Å². The monoisotopic (exact) mass is 223 g/mol. The number of nitrogens with one attached hydrogen (secondary N) is 1. The molecule has 80 valence electrons. The van der Waals surface area contributed by atoms with Crippen molar-refractivity contribution < 1.29 is 9.90 Å². The van der Waals surface area contributed by atoms with Crippen molar-refractivity contribution in [3.63, 3.8) is 0 Å². The molecule has 0 amide bonds. The number of thioether (sulfide) groups is 1. The highest BCUT2D eigenvalue weighted by Crippen LogP contribution is 2.15. The number of carbonyl (C=O) groups is 1. The summed E-state index contributed by atoms with van der Waals surface area (Å²) < 4.78 is 0. The Morgan fingerprint density at radius 1 is 1.40 bits per heavy atom. The summed E-state index contributed by atoms with van der Waals surface area (Å²) in [5, 5.41) is 11.2. The van der Waals surface area contributed by atoms with Crippen LogP contribution in [0.5, 0.6) is 0 Å². The van der Waals surface area contributed by atoms with Crippen molar-refractivity contribution in [2.24, 2.45) is 0 Å². The number of carboxylic acid groups (broad SMARTS) is 1. The maximum Gasteiger partial charge on any atom is 0.329 e. The van der Waals surface area contributed by atoms with Crippen LogP contribution >= 0.6 is 11.8 Å². The molecule has 0 radical (unpaired) electrons. The molecule has 0 unspecified atom stereocenters. The molecule has 0 saturated heterocycles. The minimum absolute atomic E-state index is 0.753. The van der Waals surface area contributed by atoms with Crippen LogP contribution in [-0.2, 0) is 4.79 Å². The molecular formula is C11H13NO2S. The molecule has 1 aromatic carbocycles. The summed E-state index contributed by atoms with van der Waals surface area (Å²) in [6.45, 7) is 0.753. The van der Waals surface area contributed by atoms with Gasteiger partial charge in [-0.05, 0) is 12.1 Å². The Morgan fingerprint density at radius 2 is 2.13 bits per heavy atom. The van der Waals surface area contributed by atoms with E-state index in [0.717, 1.165) is 18.4 Å². The van der Waals surface area contributed by atoms with Crippen LogP contribution in [0.15, 0.2) is 47.5 Å². The van der Waals surface area contributed by atoms with Gasteiger partial charge in [0.1, 0.15) is 0 Å². The zero-order valence-electron chi connectivity index (χ0n) is 8.22. The van der Waals surface area contributed by atoms with E-state index >= 15 is 0 Å². The molecule has 0 aliphatic heterocycles. The molecule has 0 aliphatic rings. The van der Waals surface area contributed by atoms with Gasteiger partial charge in [-0.1, -0.05) is 18.2 Å². The highest BCUT2D eigenvalue weighted by molar-refractivity contribution is 7.99. The first-order chi connectivity index (χ1) is 7.29. The fourth-order valence-electron chi connectivity index (χ4n) is 0.958. The summed E-state index contributed by atoms with van der Waals surface area (Å²) in [5.74, 6) is -0.0215. The van der Waals surface area contributed by atoms with Crippen LogP contribution in [0.3, 0.4) is 0 Å². The van der Waals surface area contributed by atoms with Crippen LogP contribution in [0, 0.1) is 0 Å². The molecule has 0 aromatic heterocycles. The Kier molecular flexibility index (Phi) is 5.40. The maximum atomic E-state index is 10.1. The molecule has 15 heavy (non-hydrogen) atoms. The van der Waals surface area contributed by atoms with Crippen molar-refractivity contribution >= 4 is 17.7 Å². The lowest BCUT2D eigenvalue weighted by Gasteiger charge is -2.00. The van der Waals surface area contributed by atoms with Gasteiger partial charge in [0.05, 0.1) is 0 Å². The molecule has 0 aliphatic carbocycles. The number of rotatable bonds is 6. The minimum atomic E-state index is -0.932. The Labute approximate surface area is 93.2 Å².